The maximum absolute atomic E-state index is 14.3. The Morgan fingerprint density at radius 3 is 1.36 bits per heavy atom. The molecule has 0 aliphatic rings. The van der Waals surface area contributed by atoms with Crippen LogP contribution in [0.15, 0.2) is 0 Å². The van der Waals surface area contributed by atoms with Crippen molar-refractivity contribution in [3.8, 4) is 0 Å². The minimum absolute atomic E-state index is 0.261. The lowest BCUT2D eigenvalue weighted by atomic mass is 9.89. The van der Waals surface area contributed by atoms with Crippen molar-refractivity contribution < 1.29 is 98.5 Å². The smallest absolute Gasteiger partial charge is 0.460 e. The molecule has 1 aromatic rings. The van der Waals surface area contributed by atoms with E-state index in [4.69, 9.17) is 0 Å². The van der Waals surface area contributed by atoms with Crippen LogP contribution in [0.3, 0.4) is 0 Å². The van der Waals surface area contributed by atoms with Gasteiger partial charge in [0.15, 0.2) is 0 Å². The molecule has 0 saturated carbocycles. The topological polar surface area (TPSA) is 81.7 Å². The van der Waals surface area contributed by atoms with Crippen molar-refractivity contribution in [3.05, 3.63) is 16.0 Å². The SMILES string of the molecule is CCOC(=O)c1sc(NC(=O)C(F)(F)C(F)(F)C(F)(F)C(F)(F)C(F)(F)C(F)(F)C(F)(F)C(F)(F)F)c(C(=O)OCC)c1C. The van der Waals surface area contributed by atoms with Crippen molar-refractivity contribution in [2.24, 2.45) is 0 Å². The lowest BCUT2D eigenvalue weighted by molar-refractivity contribution is -0.459. The molecule has 0 saturated heterocycles. The van der Waals surface area contributed by atoms with Crippen LogP contribution >= 0.6 is 11.3 Å². The van der Waals surface area contributed by atoms with Crippen LogP contribution in [0.25, 0.3) is 0 Å². The van der Waals surface area contributed by atoms with Gasteiger partial charge in [0.1, 0.15) is 9.88 Å². The molecule has 0 fully saturated rings. The summed E-state index contributed by atoms with van der Waals surface area (Å²) in [5.41, 5.74) is -1.72. The quantitative estimate of drug-likeness (QED) is 0.182. The van der Waals surface area contributed by atoms with Gasteiger partial charge in [-0.3, -0.25) is 4.79 Å². The molecule has 0 aliphatic carbocycles. The van der Waals surface area contributed by atoms with Gasteiger partial charge in [-0.15, -0.1) is 11.3 Å². The van der Waals surface area contributed by atoms with Crippen LogP contribution < -0.4 is 5.32 Å². The number of rotatable bonds is 12. The summed E-state index contributed by atoms with van der Waals surface area (Å²) in [6, 6.07) is 0. The molecule has 0 aromatic carbocycles. The molecule has 1 N–H and O–H groups in total. The maximum atomic E-state index is 14.3. The fourth-order valence-electron chi connectivity index (χ4n) is 2.93. The first-order valence-corrected chi connectivity index (χ1v) is 11.7. The Balaban J connectivity index is 3.74. The van der Waals surface area contributed by atoms with E-state index in [2.05, 4.69) is 9.47 Å². The number of anilines is 1. The molecule has 0 atom stereocenters. The zero-order valence-corrected chi connectivity index (χ0v) is 22.1. The number of thiophene rings is 1. The lowest BCUT2D eigenvalue weighted by Gasteiger charge is -2.42. The summed E-state index contributed by atoms with van der Waals surface area (Å²) in [6.07, 6.45) is -7.91. The second kappa shape index (κ2) is 11.7. The standard InChI is InChI=1S/C20H14F17NO5S/c1-4-42-10(39)7-6(3)8(11(40)43-5-2)44-9(7)38-12(41)13(21,22)14(23,24)15(25,26)16(27,28)17(29,30)18(31,32)19(33,34)20(35,36)37/h4-5H2,1-3H3,(H,38,41). The number of nitrogens with one attached hydrogen (secondary N) is 1. The zero-order valence-electron chi connectivity index (χ0n) is 21.3. The molecule has 6 nitrogen and oxygen atoms in total. The van der Waals surface area contributed by atoms with Crippen molar-refractivity contribution in [2.75, 3.05) is 18.5 Å². The maximum Gasteiger partial charge on any atom is 0.460 e. The van der Waals surface area contributed by atoms with Crippen LogP contribution in [0.2, 0.25) is 0 Å². The third-order valence-corrected chi connectivity index (χ3v) is 6.51. The zero-order chi connectivity index (χ0) is 35.3. The highest BCUT2D eigenvalue weighted by atomic mass is 32.1. The molecule has 1 amide bonds. The highest BCUT2D eigenvalue weighted by Gasteiger charge is 2.95. The van der Waals surface area contributed by atoms with Crippen molar-refractivity contribution in [2.45, 2.75) is 68.4 Å². The van der Waals surface area contributed by atoms with Crippen LogP contribution in [0.5, 0.6) is 0 Å². The number of halogens is 17. The Bertz CT molecular complexity index is 1270. The third kappa shape index (κ3) is 5.61. The summed E-state index contributed by atoms with van der Waals surface area (Å²) in [4.78, 5) is 35.4. The number of esters is 2. The summed E-state index contributed by atoms with van der Waals surface area (Å²) in [6.45, 7) is 2.27. The van der Waals surface area contributed by atoms with E-state index in [1.165, 1.54) is 6.92 Å². The van der Waals surface area contributed by atoms with Crippen molar-refractivity contribution >= 4 is 34.2 Å². The Kier molecular flexibility index (Phi) is 10.3. The molecule has 254 valence electrons. The monoisotopic (exact) mass is 703 g/mol. The van der Waals surface area contributed by atoms with Gasteiger partial charge in [-0.25, -0.2) is 9.59 Å². The molecule has 1 heterocycles. The van der Waals surface area contributed by atoms with Gasteiger partial charge >= 0.3 is 65.5 Å². The van der Waals surface area contributed by atoms with Crippen molar-refractivity contribution in [3.63, 3.8) is 0 Å². The van der Waals surface area contributed by atoms with E-state index in [0.717, 1.165) is 13.8 Å². The molecule has 0 bridgehead atoms. The number of carbonyl (C=O) groups is 3. The van der Waals surface area contributed by atoms with E-state index in [0.29, 0.717) is 5.32 Å². The van der Waals surface area contributed by atoms with Gasteiger partial charge in [-0.05, 0) is 26.3 Å². The third-order valence-electron chi connectivity index (χ3n) is 5.32. The van der Waals surface area contributed by atoms with E-state index in [9.17, 15) is 89.0 Å². The van der Waals surface area contributed by atoms with E-state index in [-0.39, 0.29) is 11.3 Å². The van der Waals surface area contributed by atoms with E-state index in [1.54, 1.807) is 0 Å². The fraction of sp³-hybridized carbons (Fsp3) is 0.650. The predicted octanol–water partition coefficient (Wildman–Crippen LogP) is 7.36. The number of hydrogen-bond donors (Lipinski definition) is 1. The van der Waals surface area contributed by atoms with Gasteiger partial charge in [0.2, 0.25) is 0 Å². The average Bonchev–Trinajstić information content (AvgIpc) is 3.18. The summed E-state index contributed by atoms with van der Waals surface area (Å²) < 4.78 is 238. The number of carbonyl (C=O) groups excluding carboxylic acids is 3. The first-order valence-electron chi connectivity index (χ1n) is 10.9. The minimum atomic E-state index is -8.88. The molecule has 1 rings (SSSR count). The number of amides is 1. The Morgan fingerprint density at radius 1 is 0.614 bits per heavy atom. The van der Waals surface area contributed by atoms with Crippen molar-refractivity contribution in [1.29, 1.82) is 0 Å². The molecule has 44 heavy (non-hydrogen) atoms. The van der Waals surface area contributed by atoms with Crippen LogP contribution in [0.4, 0.5) is 79.6 Å². The van der Waals surface area contributed by atoms with Gasteiger partial charge < -0.3 is 14.8 Å². The summed E-state index contributed by atoms with van der Waals surface area (Å²) in [5, 5.41) is -0.780. The molecule has 0 spiro atoms. The molecule has 0 radical (unpaired) electrons. The Hall–Kier alpha value is -3.08. The molecular formula is C20H14F17NO5S. The van der Waals surface area contributed by atoms with E-state index >= 15 is 0 Å². The first-order chi connectivity index (χ1) is 19.4. The molecular weight excluding hydrogens is 689 g/mol. The molecule has 24 heteroatoms. The van der Waals surface area contributed by atoms with Crippen molar-refractivity contribution in [1.82, 2.24) is 0 Å². The lowest BCUT2D eigenvalue weighted by Crippen LogP contribution is -2.75. The fourth-order valence-corrected chi connectivity index (χ4v) is 4.01. The Morgan fingerprint density at radius 2 is 0.977 bits per heavy atom. The molecule has 1 aromatic heterocycles. The summed E-state index contributed by atoms with van der Waals surface area (Å²) >= 11 is -0.261. The summed E-state index contributed by atoms with van der Waals surface area (Å²) in [5.74, 6) is -66.1. The normalized spacial score (nSPS) is 14.4. The predicted molar refractivity (Wildman–Crippen MR) is 110 cm³/mol. The molecule has 0 aliphatic heterocycles. The van der Waals surface area contributed by atoms with Gasteiger partial charge in [-0.2, -0.15) is 74.6 Å². The minimum Gasteiger partial charge on any atom is -0.462 e. The number of alkyl halides is 17. The van der Waals surface area contributed by atoms with Crippen LogP contribution in [-0.2, 0) is 14.3 Å². The average molecular weight is 703 g/mol. The second-order valence-corrected chi connectivity index (χ2v) is 9.19. The highest BCUT2D eigenvalue weighted by Crippen LogP contribution is 2.64. The van der Waals surface area contributed by atoms with Crippen LogP contribution in [0.1, 0.15) is 39.4 Å². The van der Waals surface area contributed by atoms with Crippen LogP contribution in [0, 0.1) is 6.92 Å². The highest BCUT2D eigenvalue weighted by molar-refractivity contribution is 7.18. The van der Waals surface area contributed by atoms with Gasteiger partial charge in [-0.1, -0.05) is 0 Å². The first kappa shape index (κ1) is 38.9. The van der Waals surface area contributed by atoms with Gasteiger partial charge in [0, 0.05) is 0 Å². The van der Waals surface area contributed by atoms with Gasteiger partial charge in [0.25, 0.3) is 0 Å². The second-order valence-electron chi connectivity index (χ2n) is 8.17. The van der Waals surface area contributed by atoms with E-state index < -0.39 is 99.7 Å². The largest absolute Gasteiger partial charge is 0.462 e. The van der Waals surface area contributed by atoms with Crippen LogP contribution in [-0.4, -0.2) is 78.7 Å². The molecule has 0 unspecified atom stereocenters. The van der Waals surface area contributed by atoms with Gasteiger partial charge in [0.05, 0.1) is 18.8 Å². The number of ether oxygens (including phenoxy) is 2. The summed E-state index contributed by atoms with van der Waals surface area (Å²) in [7, 11) is 0. The van der Waals surface area contributed by atoms with E-state index in [1.807, 2.05) is 0 Å². The number of hydrogen-bond acceptors (Lipinski definition) is 6. The Labute approximate surface area is 236 Å².